The van der Waals surface area contributed by atoms with Crippen LogP contribution in [0.25, 0.3) is 0 Å². The van der Waals surface area contributed by atoms with Crippen molar-refractivity contribution in [2.24, 2.45) is 0 Å². The molecule has 0 radical (unpaired) electrons. The Hall–Kier alpha value is -4.84. The number of nitrogens with one attached hydrogen (secondary N) is 4. The van der Waals surface area contributed by atoms with Gasteiger partial charge in [-0.25, -0.2) is 9.59 Å². The number of carboxylic acids is 2. The molecule has 808 valence electrons. The number of hydrogen-bond donors (Lipinski definition) is 27. The summed E-state index contributed by atoms with van der Waals surface area (Å²) in [6.45, 7) is -0.0912. The second-order valence-electron chi connectivity index (χ2n) is 37.7. The molecule has 7 heterocycles. The van der Waals surface area contributed by atoms with Crippen molar-refractivity contribution in [1.29, 1.82) is 0 Å². The second kappa shape index (κ2) is 61.1. The molecule has 0 saturated carbocycles. The van der Waals surface area contributed by atoms with Crippen LogP contribution < -0.4 is 21.3 Å². The summed E-state index contributed by atoms with van der Waals surface area (Å²) in [4.78, 5) is 81.2. The highest BCUT2D eigenvalue weighted by molar-refractivity contribution is 5.78. The smallest absolute Gasteiger partial charge is 0.364 e. The molecular weight excluding hydrogens is 1850 g/mol. The Morgan fingerprint density at radius 2 is 0.813 bits per heavy atom. The van der Waals surface area contributed by atoms with E-state index in [1.807, 2.05) is 0 Å². The Balaban J connectivity index is 1.22. The molecule has 7 aliphatic heterocycles. The maximum Gasteiger partial charge on any atom is 0.364 e. The average molecular weight is 2010 g/mol. The highest BCUT2D eigenvalue weighted by atomic mass is 16.8. The largest absolute Gasteiger partial charge is 0.477 e. The van der Waals surface area contributed by atoms with Crippen LogP contribution in [0.3, 0.4) is 0 Å². The fraction of sp³-hybridized carbons (Fsp3) is 0.913. The molecule has 39 atom stereocenters. The Morgan fingerprint density at radius 1 is 0.403 bits per heavy atom. The maximum absolute atomic E-state index is 14.6. The minimum Gasteiger partial charge on any atom is -0.477 e. The molecule has 139 heavy (non-hydrogen) atoms. The highest BCUT2D eigenvalue weighted by Crippen LogP contribution is 2.44. The van der Waals surface area contributed by atoms with E-state index < -0.39 is 333 Å². The molecule has 7 saturated heterocycles. The third-order valence-electron chi connectivity index (χ3n) is 26.7. The van der Waals surface area contributed by atoms with Crippen LogP contribution in [0.4, 0.5) is 0 Å². The lowest BCUT2D eigenvalue weighted by atomic mass is 9.87. The molecule has 0 aromatic carbocycles. The van der Waals surface area contributed by atoms with Gasteiger partial charge in [-0.15, -0.1) is 0 Å². The molecule has 0 aromatic heterocycles. The zero-order valence-corrected chi connectivity index (χ0v) is 80.5. The van der Waals surface area contributed by atoms with E-state index in [0.717, 1.165) is 91.4 Å². The van der Waals surface area contributed by atoms with Crippen molar-refractivity contribution in [3.8, 4) is 0 Å². The Kier molecular flexibility index (Phi) is 53.2. The molecular formula is C92H162N4O43. The van der Waals surface area contributed by atoms with Crippen molar-refractivity contribution >= 4 is 35.6 Å². The first-order valence-electron chi connectivity index (χ1n) is 49.6. The van der Waals surface area contributed by atoms with E-state index in [0.29, 0.717) is 12.8 Å². The van der Waals surface area contributed by atoms with Crippen LogP contribution in [-0.4, -0.2) is 437 Å². The Morgan fingerprint density at radius 3 is 1.31 bits per heavy atom. The van der Waals surface area contributed by atoms with Gasteiger partial charge < -0.3 is 205 Å². The molecule has 0 aliphatic carbocycles. The minimum atomic E-state index is -3.75. The van der Waals surface area contributed by atoms with Gasteiger partial charge in [-0.3, -0.25) is 19.2 Å². The fourth-order valence-corrected chi connectivity index (χ4v) is 18.7. The molecule has 0 bridgehead atoms. The van der Waals surface area contributed by atoms with Gasteiger partial charge in [0, 0.05) is 40.0 Å². The lowest BCUT2D eigenvalue weighted by Gasteiger charge is -2.53. The van der Waals surface area contributed by atoms with E-state index in [9.17, 15) is 146 Å². The summed E-state index contributed by atoms with van der Waals surface area (Å²) in [5.74, 6) is -15.3. The fourth-order valence-electron chi connectivity index (χ4n) is 18.7. The van der Waals surface area contributed by atoms with E-state index in [1.165, 1.54) is 116 Å². The molecule has 7 aliphatic rings. The molecule has 14 unspecified atom stereocenters. The molecule has 0 spiro atoms. The monoisotopic (exact) mass is 2010 g/mol. The lowest BCUT2D eigenvalue weighted by molar-refractivity contribution is -0.406. The lowest BCUT2D eigenvalue weighted by Crippen LogP contribution is -2.73. The van der Waals surface area contributed by atoms with Gasteiger partial charge in [0.2, 0.25) is 23.6 Å². The predicted octanol–water partition coefficient (Wildman–Crippen LogP) is -4.24. The molecule has 4 amide bonds. The van der Waals surface area contributed by atoms with Gasteiger partial charge in [0.15, 0.2) is 31.5 Å². The van der Waals surface area contributed by atoms with Crippen LogP contribution in [0, 0.1) is 0 Å². The summed E-state index contributed by atoms with van der Waals surface area (Å²) in [6, 6.07) is -7.34. The number of carboxylic acid groups (broad SMARTS) is 2. The predicted molar refractivity (Wildman–Crippen MR) is 480 cm³/mol. The van der Waals surface area contributed by atoms with Crippen molar-refractivity contribution in [2.45, 2.75) is 485 Å². The van der Waals surface area contributed by atoms with E-state index >= 15 is 0 Å². The number of ether oxygens (including phenoxy) is 14. The van der Waals surface area contributed by atoms with Gasteiger partial charge in [0.25, 0.3) is 11.6 Å². The van der Waals surface area contributed by atoms with Gasteiger partial charge in [-0.05, 0) is 26.2 Å². The van der Waals surface area contributed by atoms with Crippen LogP contribution >= 0.6 is 0 Å². The first-order chi connectivity index (χ1) is 66.3. The third-order valence-corrected chi connectivity index (χ3v) is 26.7. The SMILES string of the molecule is CCCCCCCCCCCCC/C=C/[C@@H](O)[C@H](CO[C@@H]1OC(CO)[C@@H](O[C@@H]2OC(CO)[C@H](O[C@@H]3OC(CO)[C@H](O)[C@H](O[C@@H]4OC(CO)[C@H](O)[C@H](O)C4O[C@H]4OC(C)[C@@H](O)C(O)[C@@H]4O)C3NC(C)=O)[C@H](O[C@]3(C(=O)O)CC(O)[C@@H](NC(C)=O)C([C@H](O)[C@@H](CO)O[C@]4(C(=O)O)CC(O)[C@@H](NC(C)=O)C([C@H](O)[C@H](O)CO)O4)O3)C2O)[C@H](O)C1O)NC(=O)CCCCCCCCCCCCCCCCCCC. The summed E-state index contributed by atoms with van der Waals surface area (Å²) in [7, 11) is 0. The van der Waals surface area contributed by atoms with E-state index in [1.54, 1.807) is 6.08 Å². The average Bonchev–Trinajstić information content (AvgIpc) is 0.736. The molecule has 7 fully saturated rings. The molecule has 27 N–H and O–H groups in total. The normalized spacial score (nSPS) is 36.5. The molecule has 47 nitrogen and oxygen atoms in total. The van der Waals surface area contributed by atoms with Crippen LogP contribution in [0.2, 0.25) is 0 Å². The van der Waals surface area contributed by atoms with Gasteiger partial charge in [-0.1, -0.05) is 193 Å². The maximum atomic E-state index is 14.6. The summed E-state index contributed by atoms with van der Waals surface area (Å²) >= 11 is 0. The zero-order valence-electron chi connectivity index (χ0n) is 80.5. The Bertz CT molecular complexity index is 3560. The van der Waals surface area contributed by atoms with Crippen LogP contribution in [-0.2, 0) is 95.1 Å². The first-order valence-corrected chi connectivity index (χ1v) is 49.6. The molecule has 47 heteroatoms. The van der Waals surface area contributed by atoms with Gasteiger partial charge >= 0.3 is 11.9 Å². The summed E-state index contributed by atoms with van der Waals surface area (Å²) in [5.41, 5.74) is 0. The number of hydrogen-bond acceptors (Lipinski definition) is 41. The number of unbranched alkanes of at least 4 members (excludes halogenated alkanes) is 27. The highest BCUT2D eigenvalue weighted by Gasteiger charge is 2.65. The van der Waals surface area contributed by atoms with Crippen LogP contribution in [0.15, 0.2) is 12.2 Å². The quantitative estimate of drug-likeness (QED) is 0.0203. The third kappa shape index (κ3) is 34.9. The van der Waals surface area contributed by atoms with E-state index in [-0.39, 0.29) is 6.42 Å². The number of amides is 4. The van der Waals surface area contributed by atoms with Crippen LogP contribution in [0.5, 0.6) is 0 Å². The number of carbonyl (C=O) groups is 6. The van der Waals surface area contributed by atoms with E-state index in [2.05, 4.69) is 35.1 Å². The van der Waals surface area contributed by atoms with Crippen molar-refractivity contribution in [2.75, 3.05) is 46.2 Å². The summed E-state index contributed by atoms with van der Waals surface area (Å²) in [6.07, 6.45) is -40.6. The van der Waals surface area contributed by atoms with Gasteiger partial charge in [0.05, 0.1) is 88.8 Å². The number of rotatable bonds is 63. The Labute approximate surface area is 809 Å². The number of aliphatic hydroxyl groups excluding tert-OH is 21. The number of allylic oxidation sites excluding steroid dienone is 1. The van der Waals surface area contributed by atoms with Crippen LogP contribution in [0.1, 0.15) is 247 Å². The first kappa shape index (κ1) is 121. The van der Waals surface area contributed by atoms with Crippen molar-refractivity contribution in [3.05, 3.63) is 12.2 Å². The zero-order chi connectivity index (χ0) is 103. The van der Waals surface area contributed by atoms with Gasteiger partial charge in [0.1, 0.15) is 153 Å². The number of aliphatic hydroxyl groups is 21. The topological polar surface area (TPSA) is 745 Å². The van der Waals surface area contributed by atoms with Crippen molar-refractivity contribution < 1.29 is 213 Å². The molecule has 7 rings (SSSR count). The minimum absolute atomic E-state index is 0.0695. The standard InChI is InChI=1S/C92H162N4O43/c1-7-9-11-13-15-17-19-21-22-23-24-26-28-30-32-34-36-38-62(110)96-52(53(106)37-35-33-31-29-27-25-20-18-16-14-12-10-8-2)47-126-85-75(120)73(118)77(60(45-101)130-85)132-87-76(121)82(139-92(90(124)125)40-55(108)64(94-50(5)104)81(138-92)70(115)59(44-100)136-91(89(122)123)39-54(107)63(93-49(4)103)80(137-91)67(112)56(109)41-97)78(61(46-102)131-87)133-84-65(95-51(6)105)79(69(114)58(43-99)128-84)134-88-83(72(117)68(113)57(42-98)129-88)135-86-74(119)71(116)66(111)48(3)127-86/h35,37,48,52-61,63-88,97-102,106-109,111-121H,7-34,36,38-47H2,1-6H3,(H,93,103)(H,94,104)(H,95,105)(H,96,110)(H,122,123)(H,124,125)/b37-35+/t48?,52-,53+,54?,55?,56+,57?,58?,59+,60?,61?,63+,64+,65?,66+,67+,68-,69-,70+,71?,72-,73+,74-,75?,76?,77+,78-,79+,80?,81?,82+,83?,84-,85+,86+,87-,88-,91+,92-/m0/s1. The second-order valence-corrected chi connectivity index (χ2v) is 37.7. The van der Waals surface area contributed by atoms with Crippen molar-refractivity contribution in [1.82, 2.24) is 21.3 Å². The van der Waals surface area contributed by atoms with Gasteiger partial charge in [-0.2, -0.15) is 0 Å². The van der Waals surface area contributed by atoms with Crippen molar-refractivity contribution in [3.63, 3.8) is 0 Å². The van der Waals surface area contributed by atoms with E-state index in [4.69, 9.17) is 66.3 Å². The molecule has 0 aromatic rings. The number of carbonyl (C=O) groups excluding carboxylic acids is 4. The number of aliphatic carboxylic acids is 2. The summed E-state index contributed by atoms with van der Waals surface area (Å²) < 4.78 is 84.8. The summed E-state index contributed by atoms with van der Waals surface area (Å²) in [5, 5.41) is 273.